The first-order chi connectivity index (χ1) is 13.0. The maximum Gasteiger partial charge on any atom is 0.191 e. The van der Waals surface area contributed by atoms with E-state index < -0.39 is 10.8 Å². The van der Waals surface area contributed by atoms with E-state index in [1.807, 2.05) is 32.0 Å². The molecule has 1 aromatic rings. The van der Waals surface area contributed by atoms with Crippen molar-refractivity contribution >= 4 is 16.8 Å². The maximum atomic E-state index is 12.2. The highest BCUT2D eigenvalue weighted by Gasteiger charge is 2.26. The van der Waals surface area contributed by atoms with E-state index in [1.54, 1.807) is 0 Å². The average Bonchev–Trinajstić information content (AvgIpc) is 2.66. The number of aryl methyl sites for hydroxylation is 1. The molecule has 1 aliphatic carbocycles. The molecular weight excluding hydrogens is 358 g/mol. The van der Waals surface area contributed by atoms with Crippen LogP contribution in [0.15, 0.2) is 29.3 Å². The second kappa shape index (κ2) is 11.3. The molecule has 4 atom stereocenters. The van der Waals surface area contributed by atoms with Crippen LogP contribution in [0, 0.1) is 6.92 Å². The molecular formula is C21H35N3O2S. The Hall–Kier alpha value is -1.56. The fourth-order valence-corrected chi connectivity index (χ4v) is 4.79. The van der Waals surface area contributed by atoms with Crippen molar-refractivity contribution in [1.29, 1.82) is 0 Å². The van der Waals surface area contributed by atoms with Crippen molar-refractivity contribution in [3.05, 3.63) is 29.8 Å². The summed E-state index contributed by atoms with van der Waals surface area (Å²) in [4.78, 5) is 4.71. The smallest absolute Gasteiger partial charge is 0.191 e. The Balaban J connectivity index is 1.90. The minimum atomic E-state index is -0.709. The predicted molar refractivity (Wildman–Crippen MR) is 115 cm³/mol. The summed E-state index contributed by atoms with van der Waals surface area (Å²) in [5, 5.41) is 7.18. The van der Waals surface area contributed by atoms with Crippen LogP contribution in [0.25, 0.3) is 0 Å². The minimum Gasteiger partial charge on any atom is -0.489 e. The van der Waals surface area contributed by atoms with Gasteiger partial charge in [0.15, 0.2) is 5.96 Å². The van der Waals surface area contributed by atoms with Crippen LogP contribution in [0.4, 0.5) is 0 Å². The average molecular weight is 394 g/mol. The van der Waals surface area contributed by atoms with Crippen LogP contribution < -0.4 is 15.4 Å². The van der Waals surface area contributed by atoms with E-state index in [2.05, 4.69) is 30.5 Å². The maximum absolute atomic E-state index is 12.2. The molecule has 2 rings (SSSR count). The Morgan fingerprint density at radius 1 is 1.37 bits per heavy atom. The number of hydrogen-bond acceptors (Lipinski definition) is 3. The molecule has 152 valence electrons. The summed E-state index contributed by atoms with van der Waals surface area (Å²) in [6.07, 6.45) is 4.26. The van der Waals surface area contributed by atoms with E-state index in [-0.39, 0.29) is 6.10 Å². The Morgan fingerprint density at radius 2 is 2.19 bits per heavy atom. The molecule has 5 nitrogen and oxygen atoms in total. The summed E-state index contributed by atoms with van der Waals surface area (Å²) in [5.74, 6) is 2.46. The molecule has 0 amide bonds. The van der Waals surface area contributed by atoms with Gasteiger partial charge in [0, 0.05) is 34.4 Å². The van der Waals surface area contributed by atoms with E-state index in [0.29, 0.717) is 17.8 Å². The molecule has 0 spiro atoms. The van der Waals surface area contributed by atoms with Gasteiger partial charge in [-0.25, -0.2) is 4.99 Å². The number of nitrogens with one attached hydrogen (secondary N) is 2. The van der Waals surface area contributed by atoms with Crippen molar-refractivity contribution in [3.8, 4) is 5.75 Å². The number of rotatable bonds is 8. The zero-order valence-corrected chi connectivity index (χ0v) is 18.0. The summed E-state index contributed by atoms with van der Waals surface area (Å²) >= 11 is 0. The lowest BCUT2D eigenvalue weighted by Gasteiger charge is -2.30. The molecule has 1 saturated carbocycles. The van der Waals surface area contributed by atoms with Crippen molar-refractivity contribution in [2.75, 3.05) is 18.8 Å². The van der Waals surface area contributed by atoms with Crippen LogP contribution in [0.3, 0.4) is 0 Å². The number of aliphatic imine (C=N–C) groups is 1. The SMILES string of the molecule is CCNC(=NCC(C)Oc1cccc(C)c1)NC1CCCC(S(=O)CC)C1. The number of guanidine groups is 1. The Bertz CT molecular complexity index is 636. The fourth-order valence-electron chi connectivity index (χ4n) is 3.44. The highest BCUT2D eigenvalue weighted by Crippen LogP contribution is 2.23. The third kappa shape index (κ3) is 7.53. The normalized spacial score (nSPS) is 22.7. The van der Waals surface area contributed by atoms with Gasteiger partial charge >= 0.3 is 0 Å². The standard InChI is InChI=1S/C21H35N3O2S/c1-5-22-21(24-18-10-8-12-20(14-18)27(25)6-2)23-15-17(4)26-19-11-7-9-16(3)13-19/h7,9,11,13,17-18,20H,5-6,8,10,12,14-15H2,1-4H3,(H2,22,23,24). The van der Waals surface area contributed by atoms with Gasteiger partial charge in [-0.3, -0.25) is 4.21 Å². The van der Waals surface area contributed by atoms with Gasteiger partial charge in [0.1, 0.15) is 11.9 Å². The van der Waals surface area contributed by atoms with Crippen molar-refractivity contribution in [1.82, 2.24) is 10.6 Å². The van der Waals surface area contributed by atoms with Crippen LogP contribution in [-0.2, 0) is 10.8 Å². The molecule has 0 heterocycles. The number of hydrogen-bond donors (Lipinski definition) is 2. The quantitative estimate of drug-likeness (QED) is 0.525. The van der Waals surface area contributed by atoms with Crippen LogP contribution in [0.2, 0.25) is 0 Å². The predicted octanol–water partition coefficient (Wildman–Crippen LogP) is 3.40. The first kappa shape index (κ1) is 21.7. The van der Waals surface area contributed by atoms with Gasteiger partial charge in [-0.1, -0.05) is 25.5 Å². The first-order valence-electron chi connectivity index (χ1n) is 10.2. The first-order valence-corrected chi connectivity index (χ1v) is 11.5. The molecule has 6 heteroatoms. The molecule has 1 aliphatic rings. The van der Waals surface area contributed by atoms with E-state index >= 15 is 0 Å². The van der Waals surface area contributed by atoms with E-state index in [9.17, 15) is 4.21 Å². The van der Waals surface area contributed by atoms with E-state index in [1.165, 1.54) is 5.56 Å². The van der Waals surface area contributed by atoms with Crippen LogP contribution in [0.1, 0.15) is 52.0 Å². The van der Waals surface area contributed by atoms with Gasteiger partial charge < -0.3 is 15.4 Å². The zero-order valence-electron chi connectivity index (χ0n) is 17.2. The zero-order chi connectivity index (χ0) is 19.6. The molecule has 1 aromatic carbocycles. The van der Waals surface area contributed by atoms with Crippen LogP contribution >= 0.6 is 0 Å². The summed E-state index contributed by atoms with van der Waals surface area (Å²) in [5.41, 5.74) is 1.19. The fraction of sp³-hybridized carbons (Fsp3) is 0.667. The van der Waals surface area contributed by atoms with Crippen molar-refractivity contribution < 1.29 is 8.95 Å². The molecule has 0 radical (unpaired) electrons. The Kier molecular flexibility index (Phi) is 9.11. The van der Waals surface area contributed by atoms with Gasteiger partial charge in [0.05, 0.1) is 6.54 Å². The molecule has 1 fully saturated rings. The molecule has 0 aromatic heterocycles. The second-order valence-electron chi connectivity index (χ2n) is 7.26. The third-order valence-electron chi connectivity index (χ3n) is 4.80. The number of nitrogens with zero attached hydrogens (tertiary/aromatic N) is 1. The number of benzene rings is 1. The molecule has 0 aliphatic heterocycles. The Morgan fingerprint density at radius 3 is 2.89 bits per heavy atom. The summed E-state index contributed by atoms with van der Waals surface area (Å²) in [6.45, 7) is 9.58. The third-order valence-corrected chi connectivity index (χ3v) is 6.54. The highest BCUT2D eigenvalue weighted by molar-refractivity contribution is 7.85. The van der Waals surface area contributed by atoms with Crippen molar-refractivity contribution in [2.24, 2.45) is 4.99 Å². The van der Waals surface area contributed by atoms with Gasteiger partial charge in [-0.15, -0.1) is 0 Å². The largest absolute Gasteiger partial charge is 0.489 e. The van der Waals surface area contributed by atoms with Crippen LogP contribution in [0.5, 0.6) is 5.75 Å². The lowest BCUT2D eigenvalue weighted by molar-refractivity contribution is 0.230. The Labute approximate surface area is 166 Å². The molecule has 0 saturated heterocycles. The van der Waals surface area contributed by atoms with E-state index in [0.717, 1.165) is 49.7 Å². The monoisotopic (exact) mass is 393 g/mol. The van der Waals surface area contributed by atoms with Gasteiger partial charge in [0.25, 0.3) is 0 Å². The topological polar surface area (TPSA) is 62.7 Å². The van der Waals surface area contributed by atoms with Gasteiger partial charge in [-0.2, -0.15) is 0 Å². The lowest BCUT2D eigenvalue weighted by Crippen LogP contribution is -2.47. The molecule has 27 heavy (non-hydrogen) atoms. The molecule has 4 unspecified atom stereocenters. The molecule has 0 bridgehead atoms. The van der Waals surface area contributed by atoms with Gasteiger partial charge in [0.2, 0.25) is 0 Å². The summed E-state index contributed by atoms with van der Waals surface area (Å²) < 4.78 is 18.1. The van der Waals surface area contributed by atoms with Crippen LogP contribution in [-0.4, -0.2) is 46.4 Å². The lowest BCUT2D eigenvalue weighted by atomic mass is 9.95. The van der Waals surface area contributed by atoms with Crippen molar-refractivity contribution in [3.63, 3.8) is 0 Å². The van der Waals surface area contributed by atoms with E-state index in [4.69, 9.17) is 9.73 Å². The minimum absolute atomic E-state index is 0.00560. The number of ether oxygens (including phenoxy) is 1. The second-order valence-corrected chi connectivity index (χ2v) is 9.27. The highest BCUT2D eigenvalue weighted by atomic mass is 32.2. The van der Waals surface area contributed by atoms with Gasteiger partial charge in [-0.05, 0) is 57.7 Å². The molecule has 2 N–H and O–H groups in total. The van der Waals surface area contributed by atoms with Crippen molar-refractivity contribution in [2.45, 2.75) is 70.8 Å². The summed E-state index contributed by atoms with van der Waals surface area (Å²) in [7, 11) is -0.709. The summed E-state index contributed by atoms with van der Waals surface area (Å²) in [6, 6.07) is 8.43.